The Morgan fingerprint density at radius 3 is 1.31 bits per heavy atom. The molecule has 12 N–H and O–H groups in total. The van der Waals surface area contributed by atoms with E-state index in [1.807, 2.05) is 0 Å². The van der Waals surface area contributed by atoms with Crippen LogP contribution >= 0.6 is 0 Å². The third kappa shape index (κ3) is 12.1. The number of hydrogen-bond acceptors (Lipinski definition) is 8. The minimum Gasteiger partial charge on any atom is -0.480 e. The van der Waals surface area contributed by atoms with Crippen LogP contribution in [0.1, 0.15) is 38.5 Å². The molecule has 0 aromatic heterocycles. The second-order valence-corrected chi connectivity index (χ2v) is 6.80. The number of primary amides is 3. The maximum absolute atomic E-state index is 12.6. The summed E-state index contributed by atoms with van der Waals surface area (Å²) >= 11 is 0. The molecule has 0 heterocycles. The molecule has 0 aromatic carbocycles. The summed E-state index contributed by atoms with van der Waals surface area (Å²) in [4.78, 5) is 81.2. The van der Waals surface area contributed by atoms with Crippen molar-refractivity contribution in [1.29, 1.82) is 0 Å². The maximum atomic E-state index is 12.6. The zero-order chi connectivity index (χ0) is 24.8. The lowest BCUT2D eigenvalue weighted by atomic mass is 10.1. The van der Waals surface area contributed by atoms with Gasteiger partial charge in [0.1, 0.15) is 18.1 Å². The fourth-order valence-corrected chi connectivity index (χ4v) is 2.45. The summed E-state index contributed by atoms with van der Waals surface area (Å²) in [6.07, 6.45) is -1.72. The predicted octanol–water partition coefficient (Wildman–Crippen LogP) is -4.72. The van der Waals surface area contributed by atoms with Crippen molar-refractivity contribution in [2.24, 2.45) is 22.9 Å². The van der Waals surface area contributed by atoms with Crippen molar-refractivity contribution in [2.75, 3.05) is 6.54 Å². The molecule has 0 rings (SSSR count). The second-order valence-electron chi connectivity index (χ2n) is 6.80. The molecular formula is C17H29N7O8. The lowest BCUT2D eigenvalue weighted by Crippen LogP contribution is -2.56. The summed E-state index contributed by atoms with van der Waals surface area (Å²) < 4.78 is 0. The van der Waals surface area contributed by atoms with Gasteiger partial charge in [0.15, 0.2) is 0 Å². The molecule has 0 saturated carbocycles. The third-order valence-corrected chi connectivity index (χ3v) is 4.12. The third-order valence-electron chi connectivity index (χ3n) is 4.12. The highest BCUT2D eigenvalue weighted by atomic mass is 16.4. The van der Waals surface area contributed by atoms with E-state index in [1.54, 1.807) is 0 Å². The molecule has 32 heavy (non-hydrogen) atoms. The van der Waals surface area contributed by atoms with E-state index in [2.05, 4.69) is 16.0 Å². The summed E-state index contributed by atoms with van der Waals surface area (Å²) in [7, 11) is 0. The highest BCUT2D eigenvalue weighted by Crippen LogP contribution is 2.05. The highest BCUT2D eigenvalue weighted by Gasteiger charge is 2.30. The van der Waals surface area contributed by atoms with Crippen LogP contribution in [0.5, 0.6) is 0 Å². The highest BCUT2D eigenvalue weighted by molar-refractivity contribution is 5.94. The van der Waals surface area contributed by atoms with Crippen molar-refractivity contribution >= 4 is 41.4 Å². The normalized spacial score (nSPS) is 13.2. The Morgan fingerprint density at radius 1 is 0.625 bits per heavy atom. The van der Waals surface area contributed by atoms with Crippen molar-refractivity contribution < 1.29 is 38.7 Å². The van der Waals surface area contributed by atoms with Gasteiger partial charge < -0.3 is 44.0 Å². The van der Waals surface area contributed by atoms with Gasteiger partial charge in [-0.1, -0.05) is 0 Å². The predicted molar refractivity (Wildman–Crippen MR) is 108 cm³/mol. The van der Waals surface area contributed by atoms with Crippen LogP contribution in [0.3, 0.4) is 0 Å². The first-order valence-corrected chi connectivity index (χ1v) is 9.55. The summed E-state index contributed by atoms with van der Waals surface area (Å²) in [6, 6.07) is -4.20. The van der Waals surface area contributed by atoms with Crippen molar-refractivity contribution in [3.05, 3.63) is 0 Å². The van der Waals surface area contributed by atoms with Crippen LogP contribution in [-0.2, 0) is 33.6 Å². The molecule has 180 valence electrons. The molecule has 0 aliphatic carbocycles. The lowest BCUT2D eigenvalue weighted by Gasteiger charge is -2.24. The smallest absolute Gasteiger partial charge is 0.326 e. The number of hydrogen-bond donors (Lipinski definition) is 8. The average molecular weight is 459 g/mol. The molecule has 0 fully saturated rings. The minimum absolute atomic E-state index is 0.201. The Balaban J connectivity index is 5.47. The zero-order valence-electron chi connectivity index (χ0n) is 17.3. The Bertz CT molecular complexity index is 742. The van der Waals surface area contributed by atoms with Gasteiger partial charge in [0.25, 0.3) is 0 Å². The van der Waals surface area contributed by atoms with Gasteiger partial charge >= 0.3 is 5.97 Å². The van der Waals surface area contributed by atoms with E-state index in [-0.39, 0.29) is 38.5 Å². The van der Waals surface area contributed by atoms with Gasteiger partial charge in [-0.2, -0.15) is 0 Å². The Morgan fingerprint density at radius 2 is 0.969 bits per heavy atom. The standard InChI is InChI=1S/C17H29N7O8/c18-7-14(28)22-8(1-4-11(19)25)15(29)23-9(2-5-12(20)26)16(30)24-10(17(31)32)3-6-13(21)27/h8-10H,1-7,18H2,(H2,19,25)(H2,20,26)(H2,21,27)(H,22,28)(H,23,29)(H,24,30)(H,31,32). The van der Waals surface area contributed by atoms with Gasteiger partial charge in [0, 0.05) is 19.3 Å². The van der Waals surface area contributed by atoms with Crippen molar-refractivity contribution in [2.45, 2.75) is 56.7 Å². The minimum atomic E-state index is -1.49. The molecule has 3 unspecified atom stereocenters. The van der Waals surface area contributed by atoms with Crippen molar-refractivity contribution in [3.63, 3.8) is 0 Å². The number of aliphatic carboxylic acids is 1. The monoisotopic (exact) mass is 459 g/mol. The number of carboxylic acid groups (broad SMARTS) is 1. The number of carboxylic acids is 1. The van der Waals surface area contributed by atoms with Crippen LogP contribution in [0.25, 0.3) is 0 Å². The van der Waals surface area contributed by atoms with Crippen LogP contribution in [0.15, 0.2) is 0 Å². The number of nitrogens with two attached hydrogens (primary N) is 4. The van der Waals surface area contributed by atoms with Crippen LogP contribution in [-0.4, -0.2) is 71.2 Å². The number of nitrogens with one attached hydrogen (secondary N) is 3. The fourth-order valence-electron chi connectivity index (χ4n) is 2.45. The molecule has 3 atom stereocenters. The first-order chi connectivity index (χ1) is 14.9. The van der Waals surface area contributed by atoms with Crippen molar-refractivity contribution in [3.8, 4) is 0 Å². The number of carbonyl (C=O) groups is 7. The Labute approximate surface area is 183 Å². The first-order valence-electron chi connectivity index (χ1n) is 9.55. The largest absolute Gasteiger partial charge is 0.480 e. The van der Waals surface area contributed by atoms with E-state index in [0.717, 1.165) is 0 Å². The van der Waals surface area contributed by atoms with Crippen LogP contribution in [0, 0.1) is 0 Å². The van der Waals surface area contributed by atoms with Gasteiger partial charge in [-0.15, -0.1) is 0 Å². The van der Waals surface area contributed by atoms with Gasteiger partial charge in [-0.25, -0.2) is 4.79 Å². The quantitative estimate of drug-likeness (QED) is 0.110. The Hall–Kier alpha value is -3.75. The fraction of sp³-hybridized carbons (Fsp3) is 0.588. The summed E-state index contributed by atoms with van der Waals surface area (Å²) in [5, 5.41) is 15.9. The summed E-state index contributed by atoms with van der Waals surface area (Å²) in [5.74, 6) is -6.36. The lowest BCUT2D eigenvalue weighted by molar-refractivity contribution is -0.142. The maximum Gasteiger partial charge on any atom is 0.326 e. The van der Waals surface area contributed by atoms with Crippen LogP contribution in [0.4, 0.5) is 0 Å². The van der Waals surface area contributed by atoms with E-state index >= 15 is 0 Å². The van der Waals surface area contributed by atoms with E-state index < -0.39 is 66.1 Å². The van der Waals surface area contributed by atoms with Gasteiger partial charge in [0.2, 0.25) is 35.4 Å². The van der Waals surface area contributed by atoms with Gasteiger partial charge in [0.05, 0.1) is 6.54 Å². The number of carbonyl (C=O) groups excluding carboxylic acids is 6. The van der Waals surface area contributed by atoms with E-state index in [1.165, 1.54) is 0 Å². The molecule has 6 amide bonds. The summed E-state index contributed by atoms with van der Waals surface area (Å²) in [6.45, 7) is -0.452. The van der Waals surface area contributed by atoms with Crippen molar-refractivity contribution in [1.82, 2.24) is 16.0 Å². The first kappa shape index (κ1) is 28.2. The van der Waals surface area contributed by atoms with Gasteiger partial charge in [-0.05, 0) is 19.3 Å². The molecule has 0 saturated heterocycles. The molecule has 0 bridgehead atoms. The van der Waals surface area contributed by atoms with Gasteiger partial charge in [-0.3, -0.25) is 28.8 Å². The number of amides is 6. The number of rotatable bonds is 16. The molecule has 15 nitrogen and oxygen atoms in total. The van der Waals surface area contributed by atoms with Crippen LogP contribution in [0.2, 0.25) is 0 Å². The Kier molecular flexibility index (Phi) is 12.6. The SMILES string of the molecule is NCC(=O)NC(CCC(N)=O)C(=O)NC(CCC(N)=O)C(=O)NC(CCC(N)=O)C(=O)O. The molecule has 0 aromatic rings. The van der Waals surface area contributed by atoms with E-state index in [0.29, 0.717) is 0 Å². The molecule has 15 heteroatoms. The average Bonchev–Trinajstić information content (AvgIpc) is 2.69. The molecule has 0 aliphatic rings. The molecule has 0 radical (unpaired) electrons. The van der Waals surface area contributed by atoms with E-state index in [4.69, 9.17) is 22.9 Å². The topological polar surface area (TPSA) is 280 Å². The zero-order valence-corrected chi connectivity index (χ0v) is 17.3. The molecule has 0 spiro atoms. The molecule has 0 aliphatic heterocycles. The molecular weight excluding hydrogens is 430 g/mol. The second kappa shape index (κ2) is 14.3. The van der Waals surface area contributed by atoms with Crippen LogP contribution < -0.4 is 38.9 Å². The summed E-state index contributed by atoms with van der Waals surface area (Å²) in [5.41, 5.74) is 20.3. The van der Waals surface area contributed by atoms with E-state index in [9.17, 15) is 38.7 Å².